The van der Waals surface area contributed by atoms with Gasteiger partial charge in [0.2, 0.25) is 16.4 Å². The fraction of sp³-hybridized carbons (Fsp3) is 0.333. The first kappa shape index (κ1) is 13.1. The third-order valence-corrected chi connectivity index (χ3v) is 4.55. The highest BCUT2D eigenvalue weighted by molar-refractivity contribution is 7.89. The highest BCUT2D eigenvalue weighted by atomic mass is 32.2. The van der Waals surface area contributed by atoms with Crippen LogP contribution in [0.25, 0.3) is 0 Å². The highest BCUT2D eigenvalue weighted by Crippen LogP contribution is 2.24. The van der Waals surface area contributed by atoms with E-state index in [-0.39, 0.29) is 11.4 Å². The number of hydrogen-bond donors (Lipinski definition) is 2. The molecule has 8 heteroatoms. The van der Waals surface area contributed by atoms with Gasteiger partial charge in [-0.25, -0.2) is 13.1 Å². The summed E-state index contributed by atoms with van der Waals surface area (Å²) < 4.78 is 31.4. The van der Waals surface area contributed by atoms with E-state index in [1.165, 1.54) is 0 Å². The maximum atomic E-state index is 12.2. The van der Waals surface area contributed by atoms with Crippen LogP contribution in [0.1, 0.15) is 17.8 Å². The molecule has 1 aliphatic heterocycles. The lowest BCUT2D eigenvalue weighted by Gasteiger charge is -2.18. The summed E-state index contributed by atoms with van der Waals surface area (Å²) >= 11 is 0. The van der Waals surface area contributed by atoms with E-state index in [0.717, 1.165) is 37.0 Å². The normalized spacial score (nSPS) is 14.6. The summed E-state index contributed by atoms with van der Waals surface area (Å²) in [6.45, 7) is 0.934. The Morgan fingerprint density at radius 3 is 3.10 bits per heavy atom. The average molecular weight is 294 g/mol. The molecule has 2 N–H and O–H groups in total. The standard InChI is InChI=1S/C12H14N4O3S/c17-20(18,15-7-12-14-8-19-16-12)10-3-4-11-9(6-10)2-1-5-13-11/h3-4,6,8,13,15H,1-2,5,7H2. The van der Waals surface area contributed by atoms with Crippen LogP contribution >= 0.6 is 0 Å². The predicted octanol–water partition coefficient (Wildman–Crippen LogP) is 0.906. The number of anilines is 1. The zero-order valence-electron chi connectivity index (χ0n) is 10.7. The monoisotopic (exact) mass is 294 g/mol. The van der Waals surface area contributed by atoms with E-state index in [1.807, 2.05) is 0 Å². The van der Waals surface area contributed by atoms with Crippen molar-refractivity contribution in [1.29, 1.82) is 0 Å². The molecule has 2 aromatic rings. The Labute approximate surface area is 116 Å². The molecule has 0 radical (unpaired) electrons. The lowest BCUT2D eigenvalue weighted by molar-refractivity contribution is 0.409. The minimum absolute atomic E-state index is 0.00810. The second kappa shape index (κ2) is 5.22. The molecule has 0 saturated carbocycles. The van der Waals surface area contributed by atoms with Gasteiger partial charge in [0.1, 0.15) is 0 Å². The Bertz CT molecular complexity index is 697. The number of aryl methyl sites for hydroxylation is 1. The molecule has 0 unspecified atom stereocenters. The van der Waals surface area contributed by atoms with Crippen LogP contribution in [0, 0.1) is 0 Å². The van der Waals surface area contributed by atoms with Crippen LogP contribution < -0.4 is 10.0 Å². The van der Waals surface area contributed by atoms with Crippen molar-refractivity contribution in [3.63, 3.8) is 0 Å². The molecule has 7 nitrogen and oxygen atoms in total. The SMILES string of the molecule is O=S(=O)(NCc1ncon1)c1ccc2c(c1)CCCN2. The number of benzene rings is 1. The molecule has 3 rings (SSSR count). The van der Waals surface area contributed by atoms with Gasteiger partial charge in [0.15, 0.2) is 5.82 Å². The van der Waals surface area contributed by atoms with Gasteiger partial charge in [-0.15, -0.1) is 0 Å². The fourth-order valence-corrected chi connectivity index (χ4v) is 3.16. The largest absolute Gasteiger partial charge is 0.385 e. The molecule has 106 valence electrons. The molecule has 20 heavy (non-hydrogen) atoms. The van der Waals surface area contributed by atoms with E-state index in [9.17, 15) is 8.42 Å². The Kier molecular flexibility index (Phi) is 3.41. The molecular weight excluding hydrogens is 280 g/mol. The first-order chi connectivity index (χ1) is 9.65. The summed E-state index contributed by atoms with van der Waals surface area (Å²) in [5.41, 5.74) is 2.03. The van der Waals surface area contributed by atoms with E-state index >= 15 is 0 Å². The van der Waals surface area contributed by atoms with Crippen molar-refractivity contribution >= 4 is 15.7 Å². The van der Waals surface area contributed by atoms with Gasteiger partial charge in [-0.2, -0.15) is 4.98 Å². The molecule has 2 heterocycles. The van der Waals surface area contributed by atoms with Gasteiger partial charge < -0.3 is 9.84 Å². The van der Waals surface area contributed by atoms with E-state index in [1.54, 1.807) is 18.2 Å². The Morgan fingerprint density at radius 1 is 1.40 bits per heavy atom. The molecule has 1 aromatic carbocycles. The van der Waals surface area contributed by atoms with Crippen LogP contribution in [-0.4, -0.2) is 25.1 Å². The molecule has 1 aliphatic rings. The van der Waals surface area contributed by atoms with Gasteiger partial charge in [0.05, 0.1) is 11.4 Å². The highest BCUT2D eigenvalue weighted by Gasteiger charge is 2.18. The molecule has 0 amide bonds. The number of aromatic nitrogens is 2. The summed E-state index contributed by atoms with van der Waals surface area (Å²) in [7, 11) is -3.57. The smallest absolute Gasteiger partial charge is 0.240 e. The number of hydrogen-bond acceptors (Lipinski definition) is 6. The van der Waals surface area contributed by atoms with Crippen molar-refractivity contribution in [1.82, 2.24) is 14.9 Å². The lowest BCUT2D eigenvalue weighted by atomic mass is 10.0. The number of sulfonamides is 1. The van der Waals surface area contributed by atoms with Crippen LogP contribution in [0.3, 0.4) is 0 Å². The Balaban J connectivity index is 1.80. The third-order valence-electron chi connectivity index (χ3n) is 3.15. The van der Waals surface area contributed by atoms with Crippen LogP contribution in [0.2, 0.25) is 0 Å². The van der Waals surface area contributed by atoms with E-state index in [0.29, 0.717) is 5.82 Å². The molecule has 0 saturated heterocycles. The summed E-state index contributed by atoms with van der Waals surface area (Å²) in [6, 6.07) is 5.10. The van der Waals surface area contributed by atoms with Crippen LogP contribution in [0.15, 0.2) is 34.0 Å². The fourth-order valence-electron chi connectivity index (χ4n) is 2.13. The van der Waals surface area contributed by atoms with Crippen molar-refractivity contribution in [3.8, 4) is 0 Å². The molecular formula is C12H14N4O3S. The quantitative estimate of drug-likeness (QED) is 0.869. The van der Waals surface area contributed by atoms with Gasteiger partial charge in [0, 0.05) is 12.2 Å². The summed E-state index contributed by atoms with van der Waals surface area (Å²) in [5.74, 6) is 0.299. The van der Waals surface area contributed by atoms with Crippen molar-refractivity contribution in [2.24, 2.45) is 0 Å². The minimum Gasteiger partial charge on any atom is -0.385 e. The topological polar surface area (TPSA) is 97.1 Å². The van der Waals surface area contributed by atoms with E-state index in [4.69, 9.17) is 0 Å². The third kappa shape index (κ3) is 2.66. The molecule has 0 aliphatic carbocycles. The number of rotatable bonds is 4. The maximum absolute atomic E-state index is 12.2. The van der Waals surface area contributed by atoms with Gasteiger partial charge in [-0.05, 0) is 36.6 Å². The Hall–Kier alpha value is -1.93. The van der Waals surface area contributed by atoms with E-state index in [2.05, 4.69) is 24.7 Å². The molecule has 0 bridgehead atoms. The molecule has 0 spiro atoms. The maximum Gasteiger partial charge on any atom is 0.240 e. The van der Waals surface area contributed by atoms with Crippen molar-refractivity contribution in [3.05, 3.63) is 36.0 Å². The number of nitrogens with one attached hydrogen (secondary N) is 2. The first-order valence-corrected chi connectivity index (χ1v) is 7.75. The first-order valence-electron chi connectivity index (χ1n) is 6.27. The van der Waals surface area contributed by atoms with Gasteiger partial charge >= 0.3 is 0 Å². The van der Waals surface area contributed by atoms with Crippen molar-refractivity contribution in [2.45, 2.75) is 24.3 Å². The van der Waals surface area contributed by atoms with Crippen LogP contribution in [-0.2, 0) is 23.0 Å². The molecule has 0 fully saturated rings. The average Bonchev–Trinajstić information content (AvgIpc) is 2.98. The summed E-state index contributed by atoms with van der Waals surface area (Å²) in [6.07, 6.45) is 3.05. The molecule has 1 aromatic heterocycles. The van der Waals surface area contributed by atoms with Gasteiger partial charge in [0.25, 0.3) is 0 Å². The number of nitrogens with zero attached hydrogens (tertiary/aromatic N) is 2. The molecule has 0 atom stereocenters. The minimum atomic E-state index is -3.57. The second-order valence-corrected chi connectivity index (χ2v) is 6.29. The van der Waals surface area contributed by atoms with Crippen molar-refractivity contribution in [2.75, 3.05) is 11.9 Å². The van der Waals surface area contributed by atoms with Gasteiger partial charge in [-0.1, -0.05) is 5.16 Å². The van der Waals surface area contributed by atoms with Gasteiger partial charge in [-0.3, -0.25) is 0 Å². The zero-order chi connectivity index (χ0) is 14.0. The predicted molar refractivity (Wildman–Crippen MR) is 71.6 cm³/mol. The summed E-state index contributed by atoms with van der Waals surface area (Å²) in [4.78, 5) is 4.02. The summed E-state index contributed by atoms with van der Waals surface area (Å²) in [5, 5.41) is 6.81. The van der Waals surface area contributed by atoms with Crippen LogP contribution in [0.5, 0.6) is 0 Å². The lowest BCUT2D eigenvalue weighted by Crippen LogP contribution is -2.24. The van der Waals surface area contributed by atoms with Crippen LogP contribution in [0.4, 0.5) is 5.69 Å². The number of fused-ring (bicyclic) bond motifs is 1. The van der Waals surface area contributed by atoms with E-state index < -0.39 is 10.0 Å². The Morgan fingerprint density at radius 2 is 2.30 bits per heavy atom. The zero-order valence-corrected chi connectivity index (χ0v) is 11.5. The second-order valence-electron chi connectivity index (χ2n) is 4.52. The van der Waals surface area contributed by atoms with Crippen molar-refractivity contribution < 1.29 is 12.9 Å².